The van der Waals surface area contributed by atoms with Gasteiger partial charge in [-0.3, -0.25) is 4.79 Å². The van der Waals surface area contributed by atoms with E-state index in [9.17, 15) is 13.2 Å². The molecule has 0 radical (unpaired) electrons. The molecule has 0 bridgehead atoms. The van der Waals surface area contributed by atoms with Gasteiger partial charge in [-0.05, 0) is 51.5 Å². The molecule has 1 amide bonds. The summed E-state index contributed by atoms with van der Waals surface area (Å²) in [4.78, 5) is 12.0. The molecule has 1 rings (SSSR count). The van der Waals surface area contributed by atoms with Crippen LogP contribution in [-0.4, -0.2) is 40.1 Å². The predicted octanol–water partition coefficient (Wildman–Crippen LogP) is 1.53. The summed E-state index contributed by atoms with van der Waals surface area (Å²) in [5.41, 5.74) is 0.430. The van der Waals surface area contributed by atoms with Gasteiger partial charge in [-0.15, -0.1) is 0 Å². The van der Waals surface area contributed by atoms with Crippen LogP contribution in [0.2, 0.25) is 0 Å². The molecule has 1 aromatic carbocycles. The SMILES string of the molecule is CCOCCCNC(=O)c1ccc(S(=O)(=O)NC(C)C)cc1. The van der Waals surface area contributed by atoms with Crippen molar-refractivity contribution in [2.24, 2.45) is 0 Å². The Labute approximate surface area is 132 Å². The van der Waals surface area contributed by atoms with Crippen molar-refractivity contribution in [2.75, 3.05) is 19.8 Å². The van der Waals surface area contributed by atoms with Crippen LogP contribution in [0.4, 0.5) is 0 Å². The Kier molecular flexibility index (Phi) is 7.50. The topological polar surface area (TPSA) is 84.5 Å². The number of rotatable bonds is 9. The molecule has 0 saturated heterocycles. The first kappa shape index (κ1) is 18.6. The maximum absolute atomic E-state index is 12.0. The van der Waals surface area contributed by atoms with E-state index in [1.165, 1.54) is 24.3 Å². The third-order valence-corrected chi connectivity index (χ3v) is 4.45. The first-order chi connectivity index (χ1) is 10.4. The number of carbonyl (C=O) groups is 1. The lowest BCUT2D eigenvalue weighted by Crippen LogP contribution is -2.30. The molecule has 0 atom stereocenters. The zero-order chi connectivity index (χ0) is 16.6. The highest BCUT2D eigenvalue weighted by Crippen LogP contribution is 2.11. The lowest BCUT2D eigenvalue weighted by Gasteiger charge is -2.10. The van der Waals surface area contributed by atoms with Crippen molar-refractivity contribution >= 4 is 15.9 Å². The fraction of sp³-hybridized carbons (Fsp3) is 0.533. The van der Waals surface area contributed by atoms with Crippen LogP contribution in [-0.2, 0) is 14.8 Å². The Balaban J connectivity index is 2.59. The summed E-state index contributed by atoms with van der Waals surface area (Å²) >= 11 is 0. The molecule has 0 fully saturated rings. The number of nitrogens with one attached hydrogen (secondary N) is 2. The zero-order valence-electron chi connectivity index (χ0n) is 13.3. The summed E-state index contributed by atoms with van der Waals surface area (Å²) in [5, 5.41) is 2.76. The average Bonchev–Trinajstić information content (AvgIpc) is 2.45. The Hall–Kier alpha value is -1.44. The van der Waals surface area contributed by atoms with Gasteiger partial charge in [0.1, 0.15) is 0 Å². The largest absolute Gasteiger partial charge is 0.382 e. The highest BCUT2D eigenvalue weighted by molar-refractivity contribution is 7.89. The molecular weight excluding hydrogens is 304 g/mol. The third kappa shape index (κ3) is 6.13. The minimum absolute atomic E-state index is 0.147. The van der Waals surface area contributed by atoms with Crippen LogP contribution in [0.15, 0.2) is 29.2 Å². The Morgan fingerprint density at radius 3 is 2.41 bits per heavy atom. The number of amides is 1. The summed E-state index contributed by atoms with van der Waals surface area (Å²) in [6.07, 6.45) is 0.740. The monoisotopic (exact) mass is 328 g/mol. The van der Waals surface area contributed by atoms with Crippen molar-refractivity contribution in [3.8, 4) is 0 Å². The van der Waals surface area contributed by atoms with Crippen LogP contribution < -0.4 is 10.0 Å². The summed E-state index contributed by atoms with van der Waals surface area (Å²) in [7, 11) is -3.53. The molecule has 124 valence electrons. The maximum atomic E-state index is 12.0. The minimum Gasteiger partial charge on any atom is -0.382 e. The number of hydrogen-bond acceptors (Lipinski definition) is 4. The zero-order valence-corrected chi connectivity index (χ0v) is 14.1. The van der Waals surface area contributed by atoms with E-state index < -0.39 is 10.0 Å². The van der Waals surface area contributed by atoms with Gasteiger partial charge in [0, 0.05) is 31.4 Å². The van der Waals surface area contributed by atoms with Gasteiger partial charge in [-0.25, -0.2) is 13.1 Å². The van der Waals surface area contributed by atoms with Crippen LogP contribution >= 0.6 is 0 Å². The molecule has 0 unspecified atom stereocenters. The molecule has 7 heteroatoms. The third-order valence-electron chi connectivity index (χ3n) is 2.77. The van der Waals surface area contributed by atoms with Crippen molar-refractivity contribution in [1.29, 1.82) is 0 Å². The predicted molar refractivity (Wildman–Crippen MR) is 85.3 cm³/mol. The van der Waals surface area contributed by atoms with Gasteiger partial charge in [-0.2, -0.15) is 0 Å². The molecule has 0 aliphatic heterocycles. The maximum Gasteiger partial charge on any atom is 0.251 e. The average molecular weight is 328 g/mol. The first-order valence-corrected chi connectivity index (χ1v) is 8.83. The fourth-order valence-electron chi connectivity index (χ4n) is 1.79. The van der Waals surface area contributed by atoms with Gasteiger partial charge in [0.2, 0.25) is 10.0 Å². The summed E-state index contributed by atoms with van der Waals surface area (Å²) < 4.78 is 31.6. The van der Waals surface area contributed by atoms with Gasteiger partial charge in [0.05, 0.1) is 4.90 Å². The van der Waals surface area contributed by atoms with E-state index in [1.807, 2.05) is 6.92 Å². The fourth-order valence-corrected chi connectivity index (χ4v) is 3.04. The van der Waals surface area contributed by atoms with Gasteiger partial charge >= 0.3 is 0 Å². The molecule has 0 saturated carbocycles. The molecule has 22 heavy (non-hydrogen) atoms. The number of sulfonamides is 1. The van der Waals surface area contributed by atoms with Gasteiger partial charge in [-0.1, -0.05) is 0 Å². The lowest BCUT2D eigenvalue weighted by atomic mass is 10.2. The van der Waals surface area contributed by atoms with Crippen molar-refractivity contribution in [3.63, 3.8) is 0 Å². The van der Waals surface area contributed by atoms with Gasteiger partial charge in [0.25, 0.3) is 5.91 Å². The van der Waals surface area contributed by atoms with E-state index in [4.69, 9.17) is 4.74 Å². The van der Waals surface area contributed by atoms with E-state index in [0.717, 1.165) is 6.42 Å². The highest BCUT2D eigenvalue weighted by Gasteiger charge is 2.15. The minimum atomic E-state index is -3.53. The quantitative estimate of drug-likeness (QED) is 0.673. The van der Waals surface area contributed by atoms with E-state index in [2.05, 4.69) is 10.0 Å². The first-order valence-electron chi connectivity index (χ1n) is 7.35. The molecule has 1 aromatic rings. The van der Waals surface area contributed by atoms with E-state index >= 15 is 0 Å². The van der Waals surface area contributed by atoms with Crippen molar-refractivity contribution in [3.05, 3.63) is 29.8 Å². The van der Waals surface area contributed by atoms with Crippen LogP contribution in [0.25, 0.3) is 0 Å². The van der Waals surface area contributed by atoms with Crippen LogP contribution in [0, 0.1) is 0 Å². The van der Waals surface area contributed by atoms with E-state index in [1.54, 1.807) is 13.8 Å². The molecule has 0 aliphatic rings. The summed E-state index contributed by atoms with van der Waals surface area (Å²) in [6, 6.07) is 5.69. The molecule has 6 nitrogen and oxygen atoms in total. The van der Waals surface area contributed by atoms with E-state index in [-0.39, 0.29) is 16.8 Å². The molecule has 0 aliphatic carbocycles. The van der Waals surface area contributed by atoms with Crippen molar-refractivity contribution < 1.29 is 17.9 Å². The van der Waals surface area contributed by atoms with Crippen molar-refractivity contribution in [1.82, 2.24) is 10.0 Å². The number of hydrogen-bond donors (Lipinski definition) is 2. The lowest BCUT2D eigenvalue weighted by molar-refractivity contribution is 0.0944. The van der Waals surface area contributed by atoms with E-state index in [0.29, 0.717) is 25.3 Å². The molecule has 2 N–H and O–H groups in total. The van der Waals surface area contributed by atoms with Crippen LogP contribution in [0.1, 0.15) is 37.6 Å². The second kappa shape index (κ2) is 8.87. The molecule has 0 heterocycles. The number of carbonyl (C=O) groups excluding carboxylic acids is 1. The Bertz CT molecular complexity index is 568. The molecule has 0 spiro atoms. The summed E-state index contributed by atoms with van der Waals surface area (Å²) in [5.74, 6) is -0.225. The normalized spacial score (nSPS) is 11.6. The molecule has 0 aromatic heterocycles. The molecular formula is C15H24N2O4S. The standard InChI is InChI=1S/C15H24N2O4S/c1-4-21-11-5-10-16-15(18)13-6-8-14(9-7-13)22(19,20)17-12(2)3/h6-9,12,17H,4-5,10-11H2,1-3H3,(H,16,18). The van der Waals surface area contributed by atoms with Gasteiger partial charge in [0.15, 0.2) is 0 Å². The van der Waals surface area contributed by atoms with Crippen LogP contribution in [0.3, 0.4) is 0 Å². The van der Waals surface area contributed by atoms with Crippen LogP contribution in [0.5, 0.6) is 0 Å². The second-order valence-corrected chi connectivity index (χ2v) is 6.82. The smallest absolute Gasteiger partial charge is 0.251 e. The number of benzene rings is 1. The highest BCUT2D eigenvalue weighted by atomic mass is 32.2. The number of ether oxygens (including phenoxy) is 1. The van der Waals surface area contributed by atoms with Gasteiger partial charge < -0.3 is 10.1 Å². The Morgan fingerprint density at radius 1 is 1.23 bits per heavy atom. The second-order valence-electron chi connectivity index (χ2n) is 5.11. The summed E-state index contributed by atoms with van der Waals surface area (Å²) in [6.45, 7) is 7.21. The Morgan fingerprint density at radius 2 is 1.86 bits per heavy atom. The van der Waals surface area contributed by atoms with Crippen molar-refractivity contribution in [2.45, 2.75) is 38.1 Å².